The summed E-state index contributed by atoms with van der Waals surface area (Å²) in [7, 11) is 1.69. The van der Waals surface area contributed by atoms with Gasteiger partial charge in [-0.05, 0) is 54.8 Å². The van der Waals surface area contributed by atoms with Crippen LogP contribution in [0.25, 0.3) is 0 Å². The lowest BCUT2D eigenvalue weighted by molar-refractivity contribution is 0.414. The molecule has 0 saturated carbocycles. The van der Waals surface area contributed by atoms with Gasteiger partial charge in [-0.25, -0.2) is 0 Å². The van der Waals surface area contributed by atoms with E-state index in [2.05, 4.69) is 66.3 Å². The minimum absolute atomic E-state index is 0.176. The van der Waals surface area contributed by atoms with Crippen molar-refractivity contribution in [2.75, 3.05) is 13.7 Å². The molecule has 1 atom stereocenters. The molecule has 2 rings (SSSR count). The van der Waals surface area contributed by atoms with Gasteiger partial charge in [0.1, 0.15) is 5.75 Å². The van der Waals surface area contributed by atoms with Crippen molar-refractivity contribution in [3.05, 3.63) is 63.1 Å². The highest BCUT2D eigenvalue weighted by Crippen LogP contribution is 2.32. The fourth-order valence-electron chi connectivity index (χ4n) is 2.42. The molecule has 0 fully saturated rings. The van der Waals surface area contributed by atoms with Crippen LogP contribution in [0.2, 0.25) is 0 Å². The van der Waals surface area contributed by atoms with Gasteiger partial charge in [0.15, 0.2) is 0 Å². The number of hydrogen-bond donors (Lipinski definition) is 1. The maximum Gasteiger partial charge on any atom is 0.120 e. The molecule has 0 bridgehead atoms. The average molecular weight is 348 g/mol. The van der Waals surface area contributed by atoms with Crippen molar-refractivity contribution < 1.29 is 4.74 Å². The lowest BCUT2D eigenvalue weighted by atomic mass is 9.95. The van der Waals surface area contributed by atoms with Crippen LogP contribution >= 0.6 is 15.9 Å². The first kappa shape index (κ1) is 16.1. The Bertz CT molecular complexity index is 625. The van der Waals surface area contributed by atoms with Gasteiger partial charge in [-0.1, -0.05) is 47.1 Å². The number of benzene rings is 2. The summed E-state index contributed by atoms with van der Waals surface area (Å²) >= 11 is 3.67. The Hall–Kier alpha value is -1.32. The molecule has 21 heavy (non-hydrogen) atoms. The first-order valence-corrected chi connectivity index (χ1v) is 8.00. The first-order valence-electron chi connectivity index (χ1n) is 7.20. The van der Waals surface area contributed by atoms with Crippen LogP contribution in [0.4, 0.5) is 0 Å². The van der Waals surface area contributed by atoms with Crippen LogP contribution in [0, 0.1) is 13.8 Å². The average Bonchev–Trinajstić information content (AvgIpc) is 2.48. The van der Waals surface area contributed by atoms with Crippen molar-refractivity contribution in [2.24, 2.45) is 0 Å². The van der Waals surface area contributed by atoms with E-state index in [-0.39, 0.29) is 6.04 Å². The van der Waals surface area contributed by atoms with E-state index in [1.54, 1.807) is 7.11 Å². The molecule has 0 aliphatic carbocycles. The smallest absolute Gasteiger partial charge is 0.120 e. The van der Waals surface area contributed by atoms with Gasteiger partial charge in [0.05, 0.1) is 13.2 Å². The topological polar surface area (TPSA) is 21.3 Å². The summed E-state index contributed by atoms with van der Waals surface area (Å²) in [6, 6.07) is 13.0. The molecule has 0 radical (unpaired) electrons. The fourth-order valence-corrected chi connectivity index (χ4v) is 3.01. The minimum atomic E-state index is 0.176. The number of ether oxygens (including phenoxy) is 1. The molecular formula is C18H22BrNO. The summed E-state index contributed by atoms with van der Waals surface area (Å²) in [4.78, 5) is 0. The third kappa shape index (κ3) is 3.66. The maximum absolute atomic E-state index is 5.28. The molecule has 1 unspecified atom stereocenters. The molecule has 2 aromatic rings. The zero-order valence-corrected chi connectivity index (χ0v) is 14.6. The van der Waals surface area contributed by atoms with Crippen molar-refractivity contribution in [1.29, 1.82) is 0 Å². The molecule has 3 heteroatoms. The van der Waals surface area contributed by atoms with Crippen molar-refractivity contribution >= 4 is 15.9 Å². The van der Waals surface area contributed by atoms with E-state index in [0.29, 0.717) is 0 Å². The second kappa shape index (κ2) is 7.10. The summed E-state index contributed by atoms with van der Waals surface area (Å²) in [6.07, 6.45) is 0. The number of aryl methyl sites for hydroxylation is 2. The van der Waals surface area contributed by atoms with Crippen LogP contribution in [0.1, 0.15) is 35.2 Å². The molecule has 2 nitrogen and oxygen atoms in total. The summed E-state index contributed by atoms with van der Waals surface area (Å²) in [5.41, 5.74) is 5.15. The standard InChI is InChI=1S/C18H22BrNO/c1-5-20-18(14-7-6-12(2)13(3)10-14)16-9-8-15(21-4)11-17(16)19/h6-11,18,20H,5H2,1-4H3. The van der Waals surface area contributed by atoms with Gasteiger partial charge in [0.2, 0.25) is 0 Å². The third-order valence-corrected chi connectivity index (χ3v) is 4.48. The molecule has 1 N–H and O–H groups in total. The van der Waals surface area contributed by atoms with Gasteiger partial charge >= 0.3 is 0 Å². The zero-order valence-electron chi connectivity index (χ0n) is 13.0. The Balaban J connectivity index is 2.45. The van der Waals surface area contributed by atoms with Gasteiger partial charge in [-0.15, -0.1) is 0 Å². The Labute approximate surface area is 135 Å². The molecule has 0 aliphatic heterocycles. The van der Waals surface area contributed by atoms with Crippen LogP contribution in [-0.2, 0) is 0 Å². The van der Waals surface area contributed by atoms with Gasteiger partial charge < -0.3 is 10.1 Å². The predicted molar refractivity (Wildman–Crippen MR) is 92.1 cm³/mol. The molecule has 0 heterocycles. The van der Waals surface area contributed by atoms with Crippen molar-refractivity contribution in [3.8, 4) is 5.75 Å². The van der Waals surface area contributed by atoms with E-state index in [9.17, 15) is 0 Å². The number of hydrogen-bond acceptors (Lipinski definition) is 2. The fraction of sp³-hybridized carbons (Fsp3) is 0.333. The van der Waals surface area contributed by atoms with E-state index in [0.717, 1.165) is 16.8 Å². The van der Waals surface area contributed by atoms with E-state index >= 15 is 0 Å². The second-order valence-electron chi connectivity index (χ2n) is 5.22. The summed E-state index contributed by atoms with van der Waals surface area (Å²) in [5.74, 6) is 0.862. The lowest BCUT2D eigenvalue weighted by Gasteiger charge is -2.21. The molecule has 0 amide bonds. The largest absolute Gasteiger partial charge is 0.497 e. The highest BCUT2D eigenvalue weighted by molar-refractivity contribution is 9.10. The molecule has 0 saturated heterocycles. The molecular weight excluding hydrogens is 326 g/mol. The molecule has 0 aromatic heterocycles. The SMILES string of the molecule is CCNC(c1ccc(C)c(C)c1)c1ccc(OC)cc1Br. The number of methoxy groups -OCH3 is 1. The van der Waals surface area contributed by atoms with Gasteiger partial charge in [0.25, 0.3) is 0 Å². The van der Waals surface area contributed by atoms with Crippen LogP contribution in [-0.4, -0.2) is 13.7 Å². The van der Waals surface area contributed by atoms with E-state index in [1.165, 1.54) is 22.3 Å². The Morgan fingerprint density at radius 3 is 2.43 bits per heavy atom. The van der Waals surface area contributed by atoms with Gasteiger partial charge in [0, 0.05) is 4.47 Å². The number of halogens is 1. The predicted octanol–water partition coefficient (Wildman–Crippen LogP) is 4.77. The highest BCUT2D eigenvalue weighted by atomic mass is 79.9. The van der Waals surface area contributed by atoms with E-state index in [4.69, 9.17) is 4.74 Å². The number of nitrogens with one attached hydrogen (secondary N) is 1. The normalized spacial score (nSPS) is 12.2. The number of rotatable bonds is 5. The summed E-state index contributed by atoms with van der Waals surface area (Å²) in [6.45, 7) is 7.34. The van der Waals surface area contributed by atoms with Crippen molar-refractivity contribution in [2.45, 2.75) is 26.8 Å². The van der Waals surface area contributed by atoms with Crippen LogP contribution in [0.3, 0.4) is 0 Å². The van der Waals surface area contributed by atoms with Gasteiger partial charge in [-0.2, -0.15) is 0 Å². The lowest BCUT2D eigenvalue weighted by Crippen LogP contribution is -2.22. The van der Waals surface area contributed by atoms with E-state index in [1.807, 2.05) is 12.1 Å². The zero-order chi connectivity index (χ0) is 15.4. The molecule has 112 valence electrons. The molecule has 0 spiro atoms. The van der Waals surface area contributed by atoms with Crippen LogP contribution in [0.5, 0.6) is 5.75 Å². The Morgan fingerprint density at radius 1 is 1.10 bits per heavy atom. The van der Waals surface area contributed by atoms with Crippen molar-refractivity contribution in [3.63, 3.8) is 0 Å². The van der Waals surface area contributed by atoms with Crippen LogP contribution < -0.4 is 10.1 Å². The first-order chi connectivity index (χ1) is 10.1. The maximum atomic E-state index is 5.28. The van der Waals surface area contributed by atoms with Crippen molar-refractivity contribution in [1.82, 2.24) is 5.32 Å². The second-order valence-corrected chi connectivity index (χ2v) is 6.08. The third-order valence-electron chi connectivity index (χ3n) is 3.79. The molecule has 2 aromatic carbocycles. The van der Waals surface area contributed by atoms with Crippen LogP contribution in [0.15, 0.2) is 40.9 Å². The Kier molecular flexibility index (Phi) is 5.43. The van der Waals surface area contributed by atoms with Gasteiger partial charge in [-0.3, -0.25) is 0 Å². The summed E-state index contributed by atoms with van der Waals surface area (Å²) in [5, 5.41) is 3.57. The minimum Gasteiger partial charge on any atom is -0.497 e. The molecule has 0 aliphatic rings. The highest BCUT2D eigenvalue weighted by Gasteiger charge is 2.16. The quantitative estimate of drug-likeness (QED) is 0.840. The van der Waals surface area contributed by atoms with E-state index < -0.39 is 0 Å². The Morgan fingerprint density at radius 2 is 1.86 bits per heavy atom. The summed E-state index contributed by atoms with van der Waals surface area (Å²) < 4.78 is 6.34. The monoisotopic (exact) mass is 347 g/mol.